The number of hydrogen-bond donors (Lipinski definition) is 1. The number of amides is 3. The first kappa shape index (κ1) is 33.7. The minimum Gasteiger partial charge on any atom is -0.318 e. The third-order valence-corrected chi connectivity index (χ3v) is 8.16. The van der Waals surface area contributed by atoms with E-state index in [0.29, 0.717) is 36.8 Å². The average molecular weight is 656 g/mol. The molecule has 3 aromatic rings. The van der Waals surface area contributed by atoms with Crippen molar-refractivity contribution in [3.63, 3.8) is 0 Å². The Bertz CT molecular complexity index is 1640. The van der Waals surface area contributed by atoms with E-state index < -0.39 is 47.0 Å². The van der Waals surface area contributed by atoms with Crippen LogP contribution in [0.4, 0.5) is 28.0 Å². The number of nitrogens with one attached hydrogen (secondary N) is 1. The fourth-order valence-corrected chi connectivity index (χ4v) is 5.37. The van der Waals surface area contributed by atoms with E-state index in [0.717, 1.165) is 30.9 Å². The number of halogens is 4. The Balaban J connectivity index is 1.42. The number of benzene rings is 2. The zero-order valence-corrected chi connectivity index (χ0v) is 26.4. The standard InChI is InChI=1S/C34H37F4N5O4/c1-33(2,3)42(21-23-9-5-4-6-10-23)32(46)47-43-28(20-29(40-43)34(36,37)38)31(45)39-26-19-24(15-16-25(26)35)27(17-14-22-12-13-22)41-18-8-7-11-30(41)44/h4-6,8-10,15-16,18-20,22,27H,7,11-14,17,21H2,1-3H3,(H,39,45). The Morgan fingerprint density at radius 3 is 2.45 bits per heavy atom. The lowest BCUT2D eigenvalue weighted by atomic mass is 9.97. The van der Waals surface area contributed by atoms with Crippen molar-refractivity contribution in [1.29, 1.82) is 0 Å². The van der Waals surface area contributed by atoms with Crippen molar-refractivity contribution in [2.75, 3.05) is 5.32 Å². The van der Waals surface area contributed by atoms with Crippen LogP contribution < -0.4 is 10.2 Å². The van der Waals surface area contributed by atoms with E-state index in [4.69, 9.17) is 4.84 Å². The molecule has 1 unspecified atom stereocenters. The highest BCUT2D eigenvalue weighted by atomic mass is 19.4. The molecule has 2 aliphatic rings. The van der Waals surface area contributed by atoms with Crippen LogP contribution in [0.25, 0.3) is 0 Å². The summed E-state index contributed by atoms with van der Waals surface area (Å²) < 4.78 is 56.3. The number of anilines is 1. The molecule has 2 heterocycles. The molecule has 0 spiro atoms. The number of rotatable bonds is 10. The number of allylic oxidation sites excluding steroid dienone is 1. The Morgan fingerprint density at radius 2 is 1.81 bits per heavy atom. The fraction of sp³-hybridized carbons (Fsp3) is 0.412. The maximum atomic E-state index is 15.1. The molecule has 0 radical (unpaired) electrons. The van der Waals surface area contributed by atoms with Crippen LogP contribution in [0.3, 0.4) is 0 Å². The van der Waals surface area contributed by atoms with Gasteiger partial charge < -0.3 is 10.2 Å². The van der Waals surface area contributed by atoms with E-state index in [1.54, 1.807) is 62.2 Å². The molecule has 1 fully saturated rings. The van der Waals surface area contributed by atoms with E-state index in [9.17, 15) is 27.6 Å². The molecule has 0 saturated heterocycles. The van der Waals surface area contributed by atoms with Crippen molar-refractivity contribution in [3.05, 3.63) is 95.2 Å². The summed E-state index contributed by atoms with van der Waals surface area (Å²) in [4.78, 5) is 48.0. The molecule has 1 saturated carbocycles. The molecule has 250 valence electrons. The zero-order valence-electron chi connectivity index (χ0n) is 26.4. The van der Waals surface area contributed by atoms with E-state index in [1.807, 2.05) is 6.08 Å². The van der Waals surface area contributed by atoms with Crippen LogP contribution in [-0.2, 0) is 17.5 Å². The van der Waals surface area contributed by atoms with Crippen molar-refractivity contribution >= 4 is 23.6 Å². The smallest absolute Gasteiger partial charge is 0.318 e. The van der Waals surface area contributed by atoms with Crippen LogP contribution in [0.15, 0.2) is 66.9 Å². The second-order valence-electron chi connectivity index (χ2n) is 12.8. The van der Waals surface area contributed by atoms with Gasteiger partial charge in [-0.1, -0.05) is 60.2 Å². The van der Waals surface area contributed by atoms with Gasteiger partial charge in [-0.05, 0) is 69.2 Å². The number of nitrogens with zero attached hydrogens (tertiary/aromatic N) is 4. The number of hydrogen-bond acceptors (Lipinski definition) is 5. The second kappa shape index (κ2) is 13.6. The minimum atomic E-state index is -4.98. The monoisotopic (exact) mass is 655 g/mol. The van der Waals surface area contributed by atoms with Crippen LogP contribution in [0.2, 0.25) is 0 Å². The molecule has 5 rings (SSSR count). The number of carbonyl (C=O) groups is 3. The predicted molar refractivity (Wildman–Crippen MR) is 165 cm³/mol. The van der Waals surface area contributed by atoms with E-state index in [-0.39, 0.29) is 23.0 Å². The van der Waals surface area contributed by atoms with Crippen molar-refractivity contribution in [1.82, 2.24) is 19.7 Å². The van der Waals surface area contributed by atoms with Gasteiger partial charge in [-0.3, -0.25) is 19.3 Å². The molecule has 9 nitrogen and oxygen atoms in total. The van der Waals surface area contributed by atoms with Crippen LogP contribution in [0.5, 0.6) is 0 Å². The fourth-order valence-electron chi connectivity index (χ4n) is 5.37. The Morgan fingerprint density at radius 1 is 1.09 bits per heavy atom. The molecule has 13 heteroatoms. The molecule has 3 amide bonds. The van der Waals surface area contributed by atoms with Crippen molar-refractivity contribution < 1.29 is 36.8 Å². The SMILES string of the molecule is CC(C)(C)N(Cc1ccccc1)C(=O)On1nc(C(F)(F)F)cc1C(=O)Nc1cc(C(CCC2CC2)N2C=CCCC2=O)ccc1F. The molecule has 1 aromatic heterocycles. The quantitative estimate of drug-likeness (QED) is 0.228. The summed E-state index contributed by atoms with van der Waals surface area (Å²) in [5.74, 6) is -1.55. The summed E-state index contributed by atoms with van der Waals surface area (Å²) in [5.41, 5.74) is -2.11. The third-order valence-electron chi connectivity index (χ3n) is 8.16. The summed E-state index contributed by atoms with van der Waals surface area (Å²) in [6.07, 6.45) is 2.23. The lowest BCUT2D eigenvalue weighted by molar-refractivity contribution is -0.142. The molecule has 1 aliphatic carbocycles. The zero-order chi connectivity index (χ0) is 33.9. The van der Waals surface area contributed by atoms with Crippen LogP contribution in [-0.4, -0.2) is 43.2 Å². The minimum absolute atomic E-state index is 0.0622. The maximum Gasteiger partial charge on any atom is 0.436 e. The van der Waals surface area contributed by atoms with Crippen molar-refractivity contribution in [2.24, 2.45) is 5.92 Å². The summed E-state index contributed by atoms with van der Waals surface area (Å²) in [5, 5.41) is 5.68. The van der Waals surface area contributed by atoms with E-state index in [2.05, 4.69) is 10.4 Å². The molecule has 1 aliphatic heterocycles. The Labute approximate surface area is 270 Å². The van der Waals surface area contributed by atoms with Gasteiger partial charge in [0.25, 0.3) is 5.91 Å². The number of alkyl halides is 3. The molecular weight excluding hydrogens is 618 g/mol. The molecule has 1 N–H and O–H groups in total. The van der Waals surface area contributed by atoms with Gasteiger partial charge in [0, 0.05) is 30.8 Å². The Hall–Kier alpha value is -4.68. The average Bonchev–Trinajstić information content (AvgIpc) is 3.74. The van der Waals surface area contributed by atoms with Crippen LogP contribution >= 0.6 is 0 Å². The molecular formula is C34H37F4N5O4. The third kappa shape index (κ3) is 8.38. The molecule has 1 atom stereocenters. The van der Waals surface area contributed by atoms with Crippen molar-refractivity contribution in [3.8, 4) is 0 Å². The Kier molecular flexibility index (Phi) is 9.73. The highest BCUT2D eigenvalue weighted by Crippen LogP contribution is 2.39. The van der Waals surface area contributed by atoms with Gasteiger partial charge in [0.2, 0.25) is 5.91 Å². The van der Waals surface area contributed by atoms with E-state index >= 15 is 4.39 Å². The highest BCUT2D eigenvalue weighted by molar-refractivity contribution is 6.03. The van der Waals surface area contributed by atoms with Gasteiger partial charge in [-0.15, -0.1) is 5.10 Å². The van der Waals surface area contributed by atoms with Gasteiger partial charge in [-0.2, -0.15) is 13.2 Å². The maximum absolute atomic E-state index is 15.1. The van der Waals surface area contributed by atoms with Gasteiger partial charge in [0.15, 0.2) is 11.4 Å². The van der Waals surface area contributed by atoms with Gasteiger partial charge in [-0.25, -0.2) is 9.18 Å². The van der Waals surface area contributed by atoms with Crippen LogP contribution in [0.1, 0.15) is 92.6 Å². The lowest BCUT2D eigenvalue weighted by Crippen LogP contribution is -2.48. The summed E-state index contributed by atoms with van der Waals surface area (Å²) >= 11 is 0. The number of aromatic nitrogens is 2. The van der Waals surface area contributed by atoms with Crippen molar-refractivity contribution in [2.45, 2.75) is 83.6 Å². The summed E-state index contributed by atoms with van der Waals surface area (Å²) in [6, 6.07) is 12.9. The topological polar surface area (TPSA) is 96.8 Å². The first-order chi connectivity index (χ1) is 22.2. The molecule has 47 heavy (non-hydrogen) atoms. The normalized spacial score (nSPS) is 15.8. The van der Waals surface area contributed by atoms with Gasteiger partial charge in [0.1, 0.15) is 5.82 Å². The first-order valence-corrected chi connectivity index (χ1v) is 15.5. The largest absolute Gasteiger partial charge is 0.436 e. The number of carbonyl (C=O) groups excluding carboxylic acids is 3. The summed E-state index contributed by atoms with van der Waals surface area (Å²) in [7, 11) is 0. The summed E-state index contributed by atoms with van der Waals surface area (Å²) in [6.45, 7) is 5.22. The molecule has 0 bridgehead atoms. The van der Waals surface area contributed by atoms with Gasteiger partial charge >= 0.3 is 12.3 Å². The lowest BCUT2D eigenvalue weighted by Gasteiger charge is -2.34. The van der Waals surface area contributed by atoms with Crippen LogP contribution in [0, 0.1) is 11.7 Å². The first-order valence-electron chi connectivity index (χ1n) is 15.5. The predicted octanol–water partition coefficient (Wildman–Crippen LogP) is 7.51. The van der Waals surface area contributed by atoms with E-state index in [1.165, 1.54) is 17.0 Å². The van der Waals surface area contributed by atoms with Gasteiger partial charge in [0.05, 0.1) is 11.7 Å². The molecule has 2 aromatic carbocycles. The highest BCUT2D eigenvalue weighted by Gasteiger charge is 2.38. The second-order valence-corrected chi connectivity index (χ2v) is 12.8.